The Morgan fingerprint density at radius 2 is 1.57 bits per heavy atom. The molecule has 148 valence electrons. The van der Waals surface area contributed by atoms with Gasteiger partial charge in [0.05, 0.1) is 7.11 Å². The summed E-state index contributed by atoms with van der Waals surface area (Å²) in [6, 6.07) is 15.7. The van der Waals surface area contributed by atoms with Crippen LogP contribution in [0.25, 0.3) is 0 Å². The zero-order valence-corrected chi connectivity index (χ0v) is 16.7. The largest absolute Gasteiger partial charge is 0.497 e. The summed E-state index contributed by atoms with van der Waals surface area (Å²) < 4.78 is 33.3. The zero-order valence-electron chi connectivity index (χ0n) is 15.8. The van der Waals surface area contributed by atoms with Gasteiger partial charge in [0.2, 0.25) is 6.10 Å². The summed E-state index contributed by atoms with van der Waals surface area (Å²) in [6.07, 6.45) is 0.871. The Kier molecular flexibility index (Phi) is 6.19. The van der Waals surface area contributed by atoms with Gasteiger partial charge in [0.1, 0.15) is 17.5 Å². The molecule has 3 rings (SSSR count). The summed E-state index contributed by atoms with van der Waals surface area (Å²) in [5.41, 5.74) is 0.679. The van der Waals surface area contributed by atoms with E-state index in [0.717, 1.165) is 0 Å². The first-order valence-corrected chi connectivity index (χ1v) is 10.2. The van der Waals surface area contributed by atoms with Gasteiger partial charge in [-0.05, 0) is 42.5 Å². The minimum absolute atomic E-state index is 0.201. The topological polar surface area (TPSA) is 74.3 Å². The molecule has 0 aliphatic carbocycles. The lowest BCUT2D eigenvalue weighted by molar-refractivity contribution is -0.133. The molecule has 1 aliphatic rings. The number of carbonyl (C=O) groups excluding carboxylic acids is 1. The van der Waals surface area contributed by atoms with E-state index < -0.39 is 19.7 Å². The van der Waals surface area contributed by atoms with Gasteiger partial charge in [-0.15, -0.1) is 0 Å². The molecule has 7 nitrogen and oxygen atoms in total. The monoisotopic (exact) mass is 403 g/mol. The number of benzene rings is 2. The molecule has 0 N–H and O–H groups in total. The molecule has 0 aromatic heterocycles. The Morgan fingerprint density at radius 1 is 0.929 bits per heavy atom. The SMILES string of the molecule is COc1ccc(N2C(=O)[C@H](Oc3ccccc3)[C@@H]2/C=C/P(=O)(OC)OC)cc1. The molecule has 2 atom stereocenters. The van der Waals surface area contributed by atoms with Gasteiger partial charge >= 0.3 is 7.60 Å². The van der Waals surface area contributed by atoms with Crippen LogP contribution in [0.3, 0.4) is 0 Å². The molecule has 1 aliphatic heterocycles. The molecule has 0 spiro atoms. The third kappa shape index (κ3) is 4.12. The van der Waals surface area contributed by atoms with Crippen LogP contribution in [-0.4, -0.2) is 39.4 Å². The van der Waals surface area contributed by atoms with Gasteiger partial charge < -0.3 is 18.5 Å². The first-order chi connectivity index (χ1) is 13.5. The minimum Gasteiger partial charge on any atom is -0.497 e. The number of β-lactam (4-membered cyclic amide) rings is 1. The average molecular weight is 403 g/mol. The summed E-state index contributed by atoms with van der Waals surface area (Å²) in [5.74, 6) is 2.41. The number of hydrogen-bond acceptors (Lipinski definition) is 6. The summed E-state index contributed by atoms with van der Waals surface area (Å²) in [7, 11) is 0.818. The number of ether oxygens (including phenoxy) is 2. The highest BCUT2D eigenvalue weighted by molar-refractivity contribution is 7.57. The second kappa shape index (κ2) is 8.61. The molecule has 0 radical (unpaired) electrons. The van der Waals surface area contributed by atoms with Crippen LogP contribution in [0.5, 0.6) is 11.5 Å². The van der Waals surface area contributed by atoms with E-state index in [4.69, 9.17) is 18.5 Å². The van der Waals surface area contributed by atoms with Crippen molar-refractivity contribution in [1.29, 1.82) is 0 Å². The van der Waals surface area contributed by atoms with E-state index in [2.05, 4.69) is 0 Å². The smallest absolute Gasteiger partial charge is 0.353 e. The van der Waals surface area contributed by atoms with Gasteiger partial charge in [0, 0.05) is 25.7 Å². The maximum absolute atomic E-state index is 12.8. The number of hydrogen-bond donors (Lipinski definition) is 0. The van der Waals surface area contributed by atoms with Crippen LogP contribution >= 0.6 is 7.60 Å². The molecule has 0 saturated carbocycles. The van der Waals surface area contributed by atoms with Crippen LogP contribution < -0.4 is 14.4 Å². The highest BCUT2D eigenvalue weighted by Gasteiger charge is 2.49. The molecule has 1 amide bonds. The van der Waals surface area contributed by atoms with E-state index >= 15 is 0 Å². The predicted octanol–water partition coefficient (Wildman–Crippen LogP) is 3.86. The van der Waals surface area contributed by atoms with E-state index in [0.29, 0.717) is 17.2 Å². The average Bonchev–Trinajstić information content (AvgIpc) is 2.75. The first kappa shape index (κ1) is 20.1. The van der Waals surface area contributed by atoms with Crippen LogP contribution in [0.2, 0.25) is 0 Å². The first-order valence-electron chi connectivity index (χ1n) is 8.60. The number of para-hydroxylation sites is 1. The van der Waals surface area contributed by atoms with Gasteiger partial charge in [-0.1, -0.05) is 18.2 Å². The van der Waals surface area contributed by atoms with Crippen LogP contribution in [0.1, 0.15) is 0 Å². The van der Waals surface area contributed by atoms with E-state index in [9.17, 15) is 9.36 Å². The van der Waals surface area contributed by atoms with Crippen molar-refractivity contribution in [2.24, 2.45) is 0 Å². The lowest BCUT2D eigenvalue weighted by Crippen LogP contribution is -2.66. The Bertz CT molecular complexity index is 875. The van der Waals surface area contributed by atoms with E-state index in [1.807, 2.05) is 18.2 Å². The Hall–Kier alpha value is -2.60. The standard InChI is InChI=1S/C20H22NO6P/c1-24-16-11-9-15(10-12-16)21-18(13-14-28(23,25-2)26-3)19(20(21)22)27-17-7-5-4-6-8-17/h4-14,18-19H,1-3H3/b14-13+/t18-,19+/m0/s1. The molecular weight excluding hydrogens is 381 g/mol. The van der Waals surface area contributed by atoms with Crippen molar-refractivity contribution in [3.05, 3.63) is 66.5 Å². The number of anilines is 1. The van der Waals surface area contributed by atoms with Crippen molar-refractivity contribution in [2.45, 2.75) is 12.1 Å². The molecule has 1 heterocycles. The van der Waals surface area contributed by atoms with Crippen LogP contribution in [0, 0.1) is 0 Å². The quantitative estimate of drug-likeness (QED) is 0.492. The maximum Gasteiger partial charge on any atom is 0.353 e. The van der Waals surface area contributed by atoms with Crippen LogP contribution in [0.15, 0.2) is 66.5 Å². The molecule has 8 heteroatoms. The van der Waals surface area contributed by atoms with Gasteiger partial charge in [-0.3, -0.25) is 14.3 Å². The summed E-state index contributed by atoms with van der Waals surface area (Å²) >= 11 is 0. The van der Waals surface area contributed by atoms with Gasteiger partial charge in [0.15, 0.2) is 0 Å². The Morgan fingerprint density at radius 3 is 2.14 bits per heavy atom. The van der Waals surface area contributed by atoms with Gasteiger partial charge in [-0.25, -0.2) is 0 Å². The van der Waals surface area contributed by atoms with Crippen LogP contribution in [-0.2, 0) is 18.4 Å². The van der Waals surface area contributed by atoms with Crippen molar-refractivity contribution < 1.29 is 27.9 Å². The fraction of sp³-hybridized carbons (Fsp3) is 0.250. The highest BCUT2D eigenvalue weighted by atomic mass is 31.2. The fourth-order valence-corrected chi connectivity index (χ4v) is 3.65. The number of amides is 1. The van der Waals surface area contributed by atoms with Crippen molar-refractivity contribution in [3.8, 4) is 11.5 Å². The van der Waals surface area contributed by atoms with Gasteiger partial charge in [0.25, 0.3) is 5.91 Å². The Balaban J connectivity index is 1.88. The highest BCUT2D eigenvalue weighted by Crippen LogP contribution is 2.48. The molecule has 28 heavy (non-hydrogen) atoms. The van der Waals surface area contributed by atoms with E-state index in [1.165, 1.54) is 20.0 Å². The van der Waals surface area contributed by atoms with E-state index in [1.54, 1.807) is 54.5 Å². The lowest BCUT2D eigenvalue weighted by atomic mass is 9.96. The molecule has 1 fully saturated rings. The van der Waals surface area contributed by atoms with Crippen molar-refractivity contribution in [3.63, 3.8) is 0 Å². The zero-order chi connectivity index (χ0) is 20.1. The van der Waals surface area contributed by atoms with Gasteiger partial charge in [-0.2, -0.15) is 0 Å². The number of methoxy groups -OCH3 is 1. The molecule has 0 bridgehead atoms. The lowest BCUT2D eigenvalue weighted by Gasteiger charge is -2.45. The second-order valence-corrected chi connectivity index (χ2v) is 8.10. The van der Waals surface area contributed by atoms with Crippen molar-refractivity contribution in [2.75, 3.05) is 26.2 Å². The third-order valence-corrected chi connectivity index (χ3v) is 5.98. The minimum atomic E-state index is -3.37. The summed E-state index contributed by atoms with van der Waals surface area (Å²) in [4.78, 5) is 14.4. The summed E-state index contributed by atoms with van der Waals surface area (Å²) in [6.45, 7) is 0. The normalized spacial score (nSPS) is 19.5. The predicted molar refractivity (Wildman–Crippen MR) is 106 cm³/mol. The van der Waals surface area contributed by atoms with Crippen molar-refractivity contribution >= 4 is 19.2 Å². The second-order valence-electron chi connectivity index (χ2n) is 5.99. The van der Waals surface area contributed by atoms with Crippen molar-refractivity contribution in [1.82, 2.24) is 0 Å². The number of carbonyl (C=O) groups is 1. The molecule has 2 aromatic carbocycles. The maximum atomic E-state index is 12.8. The molecular formula is C20H22NO6P. The number of nitrogens with zero attached hydrogens (tertiary/aromatic N) is 1. The molecule has 1 saturated heterocycles. The number of rotatable bonds is 8. The fourth-order valence-electron chi connectivity index (χ4n) is 2.87. The van der Waals surface area contributed by atoms with E-state index in [-0.39, 0.29) is 5.91 Å². The molecule has 0 unspecified atom stereocenters. The third-order valence-electron chi connectivity index (χ3n) is 4.42. The van der Waals surface area contributed by atoms with Crippen LogP contribution in [0.4, 0.5) is 5.69 Å². The molecule has 2 aromatic rings. The summed E-state index contributed by atoms with van der Waals surface area (Å²) in [5, 5.41) is 0. The Labute approximate surface area is 164 Å².